The molecule has 1 aromatic carbocycles. The van der Waals surface area contributed by atoms with E-state index in [0.29, 0.717) is 0 Å². The lowest BCUT2D eigenvalue weighted by atomic mass is 9.71. The molecule has 0 bridgehead atoms. The number of methoxy groups -OCH3 is 1. The molecule has 1 fully saturated rings. The number of halogens is 1. The van der Waals surface area contributed by atoms with Gasteiger partial charge in [-0.15, -0.1) is 12.4 Å². The van der Waals surface area contributed by atoms with Crippen LogP contribution in [0.4, 0.5) is 0 Å². The van der Waals surface area contributed by atoms with Crippen LogP contribution in [0.3, 0.4) is 0 Å². The van der Waals surface area contributed by atoms with Crippen LogP contribution in [0.5, 0.6) is 5.75 Å². The van der Waals surface area contributed by atoms with Crippen LogP contribution in [-0.2, 0) is 5.60 Å². The van der Waals surface area contributed by atoms with Crippen molar-refractivity contribution in [2.24, 2.45) is 5.92 Å². The van der Waals surface area contributed by atoms with Gasteiger partial charge < -0.3 is 15.2 Å². The largest absolute Gasteiger partial charge is 0.497 e. The van der Waals surface area contributed by atoms with Gasteiger partial charge in [-0.25, -0.2) is 0 Å². The molecule has 3 nitrogen and oxygen atoms in total. The van der Waals surface area contributed by atoms with Gasteiger partial charge in [-0.05, 0) is 37.6 Å². The van der Waals surface area contributed by atoms with E-state index in [1.165, 1.54) is 6.42 Å². The molecule has 0 aliphatic heterocycles. The molecule has 2 rings (SSSR count). The first-order chi connectivity index (χ1) is 8.70. The van der Waals surface area contributed by atoms with Crippen molar-refractivity contribution in [1.29, 1.82) is 0 Å². The van der Waals surface area contributed by atoms with E-state index in [4.69, 9.17) is 4.74 Å². The second-order valence-electron chi connectivity index (χ2n) is 5.16. The third kappa shape index (κ3) is 3.41. The highest BCUT2D eigenvalue weighted by molar-refractivity contribution is 5.85. The highest BCUT2D eigenvalue weighted by Gasteiger charge is 2.39. The van der Waals surface area contributed by atoms with E-state index in [1.54, 1.807) is 7.11 Å². The molecule has 0 aromatic heterocycles. The molecule has 1 aromatic rings. The lowest BCUT2D eigenvalue weighted by Gasteiger charge is -2.40. The van der Waals surface area contributed by atoms with Crippen molar-refractivity contribution in [3.8, 4) is 5.75 Å². The summed E-state index contributed by atoms with van der Waals surface area (Å²) in [5.74, 6) is 1.10. The van der Waals surface area contributed by atoms with Gasteiger partial charge in [-0.2, -0.15) is 0 Å². The smallest absolute Gasteiger partial charge is 0.119 e. The summed E-state index contributed by atoms with van der Waals surface area (Å²) < 4.78 is 5.26. The summed E-state index contributed by atoms with van der Waals surface area (Å²) in [6.07, 6.45) is 4.22. The summed E-state index contributed by atoms with van der Waals surface area (Å²) in [7, 11) is 3.61. The quantitative estimate of drug-likeness (QED) is 0.894. The van der Waals surface area contributed by atoms with E-state index < -0.39 is 5.60 Å². The second-order valence-corrected chi connectivity index (χ2v) is 5.16. The lowest BCUT2D eigenvalue weighted by Crippen LogP contribution is -2.42. The Hall–Kier alpha value is -0.770. The second kappa shape index (κ2) is 7.13. The number of hydrogen-bond acceptors (Lipinski definition) is 3. The fourth-order valence-electron chi connectivity index (χ4n) is 3.02. The highest BCUT2D eigenvalue weighted by atomic mass is 35.5. The molecule has 1 aliphatic rings. The molecule has 0 saturated heterocycles. The van der Waals surface area contributed by atoms with Crippen molar-refractivity contribution in [3.63, 3.8) is 0 Å². The van der Waals surface area contributed by atoms with E-state index >= 15 is 0 Å². The minimum Gasteiger partial charge on any atom is -0.497 e. The predicted octanol–water partition coefficient (Wildman–Crippen LogP) is 2.71. The van der Waals surface area contributed by atoms with Crippen LogP contribution < -0.4 is 10.1 Å². The van der Waals surface area contributed by atoms with Crippen LogP contribution in [0.15, 0.2) is 24.3 Å². The maximum Gasteiger partial charge on any atom is 0.119 e. The van der Waals surface area contributed by atoms with E-state index in [1.807, 2.05) is 31.3 Å². The molecule has 2 atom stereocenters. The molecule has 1 aliphatic carbocycles. The standard InChI is InChI=1S/C15H23NO2.ClH/c1-16-11-13-6-3-4-9-15(13,17)12-7-5-8-14(10-12)18-2;/h5,7-8,10,13,16-17H,3-4,6,9,11H2,1-2H3;1H/t13-,15+;/m1./s1. The fourth-order valence-corrected chi connectivity index (χ4v) is 3.02. The van der Waals surface area contributed by atoms with Crippen LogP contribution in [-0.4, -0.2) is 25.8 Å². The Morgan fingerprint density at radius 1 is 1.42 bits per heavy atom. The number of hydrogen-bond donors (Lipinski definition) is 2. The Bertz CT molecular complexity index is 397. The number of aliphatic hydroxyl groups is 1. The Morgan fingerprint density at radius 3 is 2.89 bits per heavy atom. The Kier molecular flexibility index (Phi) is 6.11. The fraction of sp³-hybridized carbons (Fsp3) is 0.600. The van der Waals surface area contributed by atoms with Gasteiger partial charge in [0.25, 0.3) is 0 Å². The van der Waals surface area contributed by atoms with E-state index in [2.05, 4.69) is 5.32 Å². The van der Waals surface area contributed by atoms with Gasteiger partial charge >= 0.3 is 0 Å². The average Bonchev–Trinajstić information content (AvgIpc) is 2.42. The van der Waals surface area contributed by atoms with Gasteiger partial charge in [-0.1, -0.05) is 25.0 Å². The molecule has 108 valence electrons. The van der Waals surface area contributed by atoms with Crippen LogP contribution in [0, 0.1) is 5.92 Å². The van der Waals surface area contributed by atoms with Crippen molar-refractivity contribution >= 4 is 12.4 Å². The van der Waals surface area contributed by atoms with Crippen molar-refractivity contribution < 1.29 is 9.84 Å². The maximum absolute atomic E-state index is 11.1. The SMILES string of the molecule is CNC[C@H]1CCCC[C@]1(O)c1cccc(OC)c1.Cl. The third-order valence-electron chi connectivity index (χ3n) is 4.06. The summed E-state index contributed by atoms with van der Waals surface area (Å²) in [6, 6.07) is 7.85. The number of benzene rings is 1. The first-order valence-electron chi connectivity index (χ1n) is 6.72. The van der Waals surface area contributed by atoms with Crippen LogP contribution in [0.25, 0.3) is 0 Å². The zero-order valence-electron chi connectivity index (χ0n) is 11.7. The highest BCUT2D eigenvalue weighted by Crippen LogP contribution is 2.42. The molecule has 0 heterocycles. The molecule has 1 saturated carbocycles. The normalized spacial score (nSPS) is 26.6. The molecule has 19 heavy (non-hydrogen) atoms. The monoisotopic (exact) mass is 285 g/mol. The van der Waals surface area contributed by atoms with Crippen molar-refractivity contribution in [3.05, 3.63) is 29.8 Å². The molecule has 0 amide bonds. The first-order valence-corrected chi connectivity index (χ1v) is 6.72. The van der Waals surface area contributed by atoms with E-state index in [0.717, 1.165) is 37.1 Å². The maximum atomic E-state index is 11.1. The van der Waals surface area contributed by atoms with Gasteiger partial charge in [-0.3, -0.25) is 0 Å². The number of nitrogens with one attached hydrogen (secondary N) is 1. The number of rotatable bonds is 4. The summed E-state index contributed by atoms with van der Waals surface area (Å²) in [4.78, 5) is 0. The molecule has 4 heteroatoms. The Morgan fingerprint density at radius 2 is 2.21 bits per heavy atom. The lowest BCUT2D eigenvalue weighted by molar-refractivity contribution is -0.0531. The third-order valence-corrected chi connectivity index (χ3v) is 4.06. The van der Waals surface area contributed by atoms with Gasteiger partial charge in [0.15, 0.2) is 0 Å². The Balaban J connectivity index is 0.00000180. The topological polar surface area (TPSA) is 41.5 Å². The van der Waals surface area contributed by atoms with Crippen LogP contribution >= 0.6 is 12.4 Å². The van der Waals surface area contributed by atoms with Crippen molar-refractivity contribution in [2.45, 2.75) is 31.3 Å². The first kappa shape index (κ1) is 16.3. The molecule has 2 N–H and O–H groups in total. The average molecular weight is 286 g/mol. The van der Waals surface area contributed by atoms with Crippen molar-refractivity contribution in [2.75, 3.05) is 20.7 Å². The molecular formula is C15H24ClNO2. The minimum absolute atomic E-state index is 0. The Labute approximate surface area is 121 Å². The molecular weight excluding hydrogens is 262 g/mol. The van der Waals surface area contributed by atoms with Gasteiger partial charge in [0, 0.05) is 12.5 Å². The summed E-state index contributed by atoms with van der Waals surface area (Å²) in [5, 5.41) is 14.3. The molecule has 0 radical (unpaired) electrons. The summed E-state index contributed by atoms with van der Waals surface area (Å²) in [5.41, 5.74) is 0.275. The van der Waals surface area contributed by atoms with Crippen molar-refractivity contribution in [1.82, 2.24) is 5.32 Å². The predicted molar refractivity (Wildman–Crippen MR) is 80.0 cm³/mol. The molecule has 0 spiro atoms. The molecule has 0 unspecified atom stereocenters. The summed E-state index contributed by atoms with van der Waals surface area (Å²) in [6.45, 7) is 0.855. The van der Waals surface area contributed by atoms with Gasteiger partial charge in [0.1, 0.15) is 5.75 Å². The van der Waals surface area contributed by atoms with E-state index in [9.17, 15) is 5.11 Å². The van der Waals surface area contributed by atoms with Gasteiger partial charge in [0.05, 0.1) is 12.7 Å². The van der Waals surface area contributed by atoms with Gasteiger partial charge in [0.2, 0.25) is 0 Å². The van der Waals surface area contributed by atoms with Crippen LogP contribution in [0.1, 0.15) is 31.2 Å². The van der Waals surface area contributed by atoms with E-state index in [-0.39, 0.29) is 18.3 Å². The number of ether oxygens (including phenoxy) is 1. The zero-order valence-corrected chi connectivity index (χ0v) is 12.5. The zero-order chi connectivity index (χ0) is 13.0. The summed E-state index contributed by atoms with van der Waals surface area (Å²) >= 11 is 0. The van der Waals surface area contributed by atoms with Crippen LogP contribution in [0.2, 0.25) is 0 Å². The minimum atomic E-state index is -0.713.